The maximum Gasteiger partial charge on any atom is 0.301 e. The Kier molecular flexibility index (Phi) is 2.99. The fraction of sp³-hybridized carbons (Fsp3) is 0.0909. The number of halogens is 1. The van der Waals surface area contributed by atoms with Crippen molar-refractivity contribution in [3.8, 4) is 5.75 Å². The zero-order valence-corrected chi connectivity index (χ0v) is 10.3. The van der Waals surface area contributed by atoms with Gasteiger partial charge in [0.25, 0.3) is 5.56 Å². The van der Waals surface area contributed by atoms with E-state index in [1.165, 1.54) is 13.0 Å². The van der Waals surface area contributed by atoms with E-state index >= 15 is 0 Å². The normalized spacial score (nSPS) is 10.6. The summed E-state index contributed by atoms with van der Waals surface area (Å²) >= 11 is 5.82. The van der Waals surface area contributed by atoms with Crippen molar-refractivity contribution in [1.82, 2.24) is 4.98 Å². The largest absolute Gasteiger partial charge is 0.504 e. The highest BCUT2D eigenvalue weighted by molar-refractivity contribution is 6.34. The first-order chi connectivity index (χ1) is 8.82. The van der Waals surface area contributed by atoms with Crippen LogP contribution in [-0.2, 0) is 0 Å². The third-order valence-corrected chi connectivity index (χ3v) is 3.07. The molecule has 1 heterocycles. The van der Waals surface area contributed by atoms with Crippen LogP contribution < -0.4 is 11.0 Å². The van der Waals surface area contributed by atoms with Gasteiger partial charge >= 0.3 is 5.69 Å². The molecule has 8 heteroatoms. The van der Waals surface area contributed by atoms with Gasteiger partial charge < -0.3 is 10.1 Å². The Morgan fingerprint density at radius 2 is 2.00 bits per heavy atom. The minimum Gasteiger partial charge on any atom is -0.504 e. The molecular weight excluding hydrogens is 276 g/mol. The fourth-order valence-corrected chi connectivity index (χ4v) is 1.98. The molecule has 98 valence electrons. The van der Waals surface area contributed by atoms with E-state index in [0.29, 0.717) is 11.6 Å². The van der Waals surface area contributed by atoms with Crippen molar-refractivity contribution in [2.75, 3.05) is 0 Å². The minimum atomic E-state index is -1.03. The lowest BCUT2D eigenvalue weighted by Gasteiger charge is -2.01. The standard InChI is InChI=1S/C11H7ClN2O5/c1-4-2-5-8(10(9(4)12)14(18)19)11(17)6(15)3-7(16)13-5/h2-3H,1H3,(H,13,16)(H,15,17). The molecule has 19 heavy (non-hydrogen) atoms. The van der Waals surface area contributed by atoms with Gasteiger partial charge in [-0.1, -0.05) is 11.6 Å². The molecule has 0 aliphatic carbocycles. The lowest BCUT2D eigenvalue weighted by Crippen LogP contribution is -2.03. The zero-order valence-electron chi connectivity index (χ0n) is 9.56. The number of nitrogens with one attached hydrogen (secondary N) is 1. The van der Waals surface area contributed by atoms with Gasteiger partial charge in [-0.05, 0) is 18.6 Å². The number of aryl methyl sites for hydroxylation is 1. The first-order valence-electron chi connectivity index (χ1n) is 5.06. The highest BCUT2D eigenvalue weighted by atomic mass is 35.5. The molecule has 0 aliphatic heterocycles. The number of hydrogen-bond acceptors (Lipinski definition) is 5. The molecule has 0 amide bonds. The number of nitrogens with zero attached hydrogens (tertiary/aromatic N) is 1. The summed E-state index contributed by atoms with van der Waals surface area (Å²) in [6.07, 6.45) is 0. The van der Waals surface area contributed by atoms with Gasteiger partial charge in [0.1, 0.15) is 10.4 Å². The highest BCUT2D eigenvalue weighted by Gasteiger charge is 2.23. The lowest BCUT2D eigenvalue weighted by molar-refractivity contribution is -0.383. The summed E-state index contributed by atoms with van der Waals surface area (Å²) in [5.74, 6) is -0.876. The van der Waals surface area contributed by atoms with E-state index in [-0.39, 0.29) is 10.5 Å². The van der Waals surface area contributed by atoms with Crippen LogP contribution in [-0.4, -0.2) is 15.0 Å². The summed E-state index contributed by atoms with van der Waals surface area (Å²) in [6, 6.07) is 2.00. The number of nitro benzene ring substituents is 1. The van der Waals surface area contributed by atoms with Gasteiger partial charge in [0.2, 0.25) is 5.43 Å². The van der Waals surface area contributed by atoms with Crippen molar-refractivity contribution in [1.29, 1.82) is 0 Å². The quantitative estimate of drug-likeness (QED) is 0.607. The van der Waals surface area contributed by atoms with Crippen molar-refractivity contribution in [2.45, 2.75) is 6.92 Å². The summed E-state index contributed by atoms with van der Waals surface area (Å²) in [5, 5.41) is 19.8. The molecule has 0 saturated heterocycles. The van der Waals surface area contributed by atoms with Crippen LogP contribution in [0.25, 0.3) is 10.9 Å². The van der Waals surface area contributed by atoms with Gasteiger partial charge in [-0.3, -0.25) is 19.7 Å². The molecule has 2 rings (SSSR count). The lowest BCUT2D eigenvalue weighted by atomic mass is 10.1. The van der Waals surface area contributed by atoms with Crippen LogP contribution in [0.3, 0.4) is 0 Å². The number of aromatic nitrogens is 1. The second kappa shape index (κ2) is 4.36. The summed E-state index contributed by atoms with van der Waals surface area (Å²) in [4.78, 5) is 35.8. The maximum atomic E-state index is 11.9. The molecule has 0 radical (unpaired) electrons. The number of rotatable bonds is 1. The van der Waals surface area contributed by atoms with Gasteiger partial charge in [0.15, 0.2) is 5.75 Å². The minimum absolute atomic E-state index is 0.0519. The molecule has 0 fully saturated rings. The van der Waals surface area contributed by atoms with E-state index < -0.39 is 32.7 Å². The van der Waals surface area contributed by atoms with E-state index in [1.54, 1.807) is 0 Å². The Hall–Kier alpha value is -2.41. The molecule has 0 aliphatic rings. The van der Waals surface area contributed by atoms with Crippen molar-refractivity contribution in [3.05, 3.63) is 53.4 Å². The number of aromatic hydroxyl groups is 1. The Bertz CT molecular complexity index is 828. The fourth-order valence-electron chi connectivity index (χ4n) is 1.76. The number of aromatic amines is 1. The Labute approximate surface area is 110 Å². The number of fused-ring (bicyclic) bond motifs is 1. The van der Waals surface area contributed by atoms with Gasteiger partial charge in [-0.2, -0.15) is 0 Å². The van der Waals surface area contributed by atoms with E-state index in [0.717, 1.165) is 0 Å². The Balaban J connectivity index is 3.27. The number of benzene rings is 1. The van der Waals surface area contributed by atoms with E-state index in [2.05, 4.69) is 4.98 Å². The topological polar surface area (TPSA) is 113 Å². The smallest absolute Gasteiger partial charge is 0.301 e. The molecule has 1 aromatic carbocycles. The van der Waals surface area contributed by atoms with E-state index in [4.69, 9.17) is 11.6 Å². The van der Waals surface area contributed by atoms with Crippen molar-refractivity contribution in [3.63, 3.8) is 0 Å². The van der Waals surface area contributed by atoms with Crippen LogP contribution in [0.5, 0.6) is 5.75 Å². The Morgan fingerprint density at radius 1 is 1.37 bits per heavy atom. The first-order valence-corrected chi connectivity index (χ1v) is 5.44. The second-order valence-corrected chi connectivity index (χ2v) is 4.26. The number of H-pyrrole nitrogens is 1. The third-order valence-electron chi connectivity index (χ3n) is 2.59. The molecule has 0 saturated carbocycles. The summed E-state index contributed by atoms with van der Waals surface area (Å²) in [6.45, 7) is 1.50. The second-order valence-electron chi connectivity index (χ2n) is 3.88. The van der Waals surface area contributed by atoms with Crippen LogP contribution in [0.4, 0.5) is 5.69 Å². The van der Waals surface area contributed by atoms with E-state index in [1.807, 2.05) is 0 Å². The van der Waals surface area contributed by atoms with Crippen LogP contribution >= 0.6 is 11.6 Å². The highest BCUT2D eigenvalue weighted by Crippen LogP contribution is 2.33. The predicted molar refractivity (Wildman–Crippen MR) is 68.9 cm³/mol. The monoisotopic (exact) mass is 282 g/mol. The molecule has 0 spiro atoms. The molecule has 0 bridgehead atoms. The van der Waals surface area contributed by atoms with E-state index in [9.17, 15) is 24.8 Å². The van der Waals surface area contributed by atoms with Crippen molar-refractivity contribution < 1.29 is 10.0 Å². The molecule has 0 atom stereocenters. The predicted octanol–water partition coefficient (Wildman–Crippen LogP) is 1.46. The van der Waals surface area contributed by atoms with Gasteiger partial charge in [0, 0.05) is 6.07 Å². The molecule has 7 nitrogen and oxygen atoms in total. The molecular formula is C11H7ClN2O5. The maximum absolute atomic E-state index is 11.9. The SMILES string of the molecule is Cc1cc2[nH]c(=O)cc(O)c(=O)c2c([N+](=O)[O-])c1Cl. The summed E-state index contributed by atoms with van der Waals surface area (Å²) in [5.41, 5.74) is -2.13. The van der Waals surface area contributed by atoms with Gasteiger partial charge in [-0.15, -0.1) is 0 Å². The van der Waals surface area contributed by atoms with Crippen LogP contribution in [0.1, 0.15) is 5.56 Å². The Morgan fingerprint density at radius 3 is 2.58 bits per heavy atom. The molecule has 1 aromatic heterocycles. The first kappa shape index (κ1) is 13.0. The molecule has 2 aromatic rings. The summed E-state index contributed by atoms with van der Waals surface area (Å²) < 4.78 is 0. The van der Waals surface area contributed by atoms with Crippen LogP contribution in [0.2, 0.25) is 5.02 Å². The number of nitro groups is 1. The van der Waals surface area contributed by atoms with Gasteiger partial charge in [0.05, 0.1) is 10.4 Å². The molecule has 0 unspecified atom stereocenters. The number of hydrogen-bond donors (Lipinski definition) is 2. The average Bonchev–Trinajstić information content (AvgIpc) is 2.39. The zero-order chi connectivity index (χ0) is 14.3. The average molecular weight is 283 g/mol. The van der Waals surface area contributed by atoms with Crippen LogP contribution in [0.15, 0.2) is 21.7 Å². The third kappa shape index (κ3) is 2.04. The van der Waals surface area contributed by atoms with Crippen LogP contribution in [0, 0.1) is 17.0 Å². The summed E-state index contributed by atoms with van der Waals surface area (Å²) in [7, 11) is 0. The molecule has 2 N–H and O–H groups in total. The van der Waals surface area contributed by atoms with Crippen molar-refractivity contribution >= 4 is 28.2 Å². The van der Waals surface area contributed by atoms with Gasteiger partial charge in [-0.25, -0.2) is 0 Å². The van der Waals surface area contributed by atoms with Crippen molar-refractivity contribution in [2.24, 2.45) is 0 Å².